The first kappa shape index (κ1) is 58.2. The largest absolute Gasteiger partial charge is 0.484 e. The zero-order valence-electron chi connectivity index (χ0n) is 43.9. The molecule has 7 rings (SSSR count). The van der Waals surface area contributed by atoms with E-state index in [1.165, 1.54) is 20.2 Å². The van der Waals surface area contributed by atoms with Crippen molar-refractivity contribution in [2.75, 3.05) is 40.8 Å². The summed E-state index contributed by atoms with van der Waals surface area (Å²) in [5.41, 5.74) is 6.50. The lowest BCUT2D eigenvalue weighted by Gasteiger charge is -2.19. The summed E-state index contributed by atoms with van der Waals surface area (Å²) >= 11 is 12.4. The van der Waals surface area contributed by atoms with Crippen LogP contribution in [0.25, 0.3) is 0 Å². The quantitative estimate of drug-likeness (QED) is 0.0375. The third-order valence-corrected chi connectivity index (χ3v) is 12.5. The van der Waals surface area contributed by atoms with E-state index in [-0.39, 0.29) is 70.3 Å². The number of hydrogen-bond donors (Lipinski definition) is 9. The first-order valence-corrected chi connectivity index (χ1v) is 25.4. The van der Waals surface area contributed by atoms with Gasteiger partial charge in [-0.05, 0) is 95.7 Å². The molecule has 1 fully saturated rings. The van der Waals surface area contributed by atoms with Crippen molar-refractivity contribution in [1.82, 2.24) is 46.9 Å². The monoisotopic (exact) mass is 1070 g/mol. The normalized spacial score (nSPS) is 12.7. The highest BCUT2D eigenvalue weighted by atomic mass is 35.5. The highest BCUT2D eigenvalue weighted by molar-refractivity contribution is 6.36. The molecule has 3 atom stereocenters. The summed E-state index contributed by atoms with van der Waals surface area (Å²) in [6.07, 6.45) is 1.29. The number of halogens is 2. The molecule has 3 aromatic carbocycles. The number of aromatic nitrogens is 3. The van der Waals surface area contributed by atoms with Crippen molar-refractivity contribution in [1.29, 1.82) is 0 Å². The van der Waals surface area contributed by atoms with Gasteiger partial charge >= 0.3 is 0 Å². The van der Waals surface area contributed by atoms with Crippen LogP contribution in [0.2, 0.25) is 10.0 Å². The van der Waals surface area contributed by atoms with Crippen LogP contribution in [0.1, 0.15) is 157 Å². The van der Waals surface area contributed by atoms with E-state index < -0.39 is 12.0 Å². The van der Waals surface area contributed by atoms with Crippen LogP contribution in [0.4, 0.5) is 0 Å². The molecule has 1 saturated carbocycles. The first-order valence-electron chi connectivity index (χ1n) is 24.7. The van der Waals surface area contributed by atoms with Crippen LogP contribution in [0.15, 0.2) is 84.9 Å². The Balaban J connectivity index is 0.000000208. The maximum atomic E-state index is 12.2. The van der Waals surface area contributed by atoms with E-state index in [9.17, 15) is 28.8 Å². The minimum atomic E-state index is -0.525. The van der Waals surface area contributed by atoms with Crippen LogP contribution < -0.4 is 46.1 Å². The Bertz CT molecular complexity index is 2770. The van der Waals surface area contributed by atoms with Gasteiger partial charge in [0.05, 0.1) is 0 Å². The lowest BCUT2D eigenvalue weighted by Crippen LogP contribution is -2.23. The predicted molar refractivity (Wildman–Crippen MR) is 290 cm³/mol. The minimum Gasteiger partial charge on any atom is -0.484 e. The molecule has 0 spiro atoms. The maximum absolute atomic E-state index is 12.2. The molecule has 400 valence electrons. The van der Waals surface area contributed by atoms with Gasteiger partial charge in [-0.2, -0.15) is 0 Å². The summed E-state index contributed by atoms with van der Waals surface area (Å²) in [7, 11) is 4.58. The number of ether oxygens (including phenoxy) is 3. The fourth-order valence-electron chi connectivity index (χ4n) is 8.08. The molecule has 1 aliphatic rings. The van der Waals surface area contributed by atoms with Crippen LogP contribution in [-0.4, -0.2) is 91.2 Å². The molecule has 18 nitrogen and oxygen atoms in total. The Morgan fingerprint density at radius 1 is 0.520 bits per heavy atom. The van der Waals surface area contributed by atoms with Gasteiger partial charge in [0.15, 0.2) is 17.2 Å². The van der Waals surface area contributed by atoms with E-state index in [0.29, 0.717) is 64.0 Å². The molecule has 1 aliphatic carbocycles. The van der Waals surface area contributed by atoms with Crippen molar-refractivity contribution < 1.29 is 43.0 Å². The van der Waals surface area contributed by atoms with Crippen LogP contribution in [-0.2, 0) is 0 Å². The van der Waals surface area contributed by atoms with Crippen LogP contribution in [0.5, 0.6) is 17.2 Å². The van der Waals surface area contributed by atoms with E-state index in [2.05, 4.69) is 46.9 Å². The molecule has 0 radical (unpaired) electrons. The molecule has 20 heteroatoms. The van der Waals surface area contributed by atoms with E-state index >= 15 is 0 Å². The van der Waals surface area contributed by atoms with Crippen LogP contribution >= 0.6 is 23.2 Å². The second-order valence-electron chi connectivity index (χ2n) is 17.3. The fraction of sp³-hybridized carbons (Fsp3) is 0.345. The summed E-state index contributed by atoms with van der Waals surface area (Å²) in [6.45, 7) is 14.7. The summed E-state index contributed by atoms with van der Waals surface area (Å²) in [5.74, 6) is -0.474. The number of amides is 6. The number of hydrogen-bond acceptors (Lipinski definition) is 9. The number of carbonyl (C=O) groups is 6. The number of nitrogens with one attached hydrogen (secondary N) is 9. The second kappa shape index (κ2) is 27.5. The van der Waals surface area contributed by atoms with Crippen LogP contribution in [0, 0.1) is 19.8 Å². The van der Waals surface area contributed by atoms with E-state index in [0.717, 1.165) is 35.1 Å². The number of aromatic amines is 3. The van der Waals surface area contributed by atoms with Gasteiger partial charge < -0.3 is 61.1 Å². The molecule has 9 N–H and O–H groups in total. The molecule has 0 saturated heterocycles. The van der Waals surface area contributed by atoms with Gasteiger partial charge in [0.1, 0.15) is 52.5 Å². The minimum absolute atomic E-state index is 0.123. The highest BCUT2D eigenvalue weighted by Crippen LogP contribution is 2.44. The zero-order chi connectivity index (χ0) is 54.9. The summed E-state index contributed by atoms with van der Waals surface area (Å²) in [6, 6.07) is 25.8. The number of rotatable bonds is 19. The summed E-state index contributed by atoms with van der Waals surface area (Å²) in [4.78, 5) is 81.1. The van der Waals surface area contributed by atoms with Gasteiger partial charge in [0.2, 0.25) is 0 Å². The molecular weight excluding hydrogens is 1000 g/mol. The van der Waals surface area contributed by atoms with Gasteiger partial charge in [0, 0.05) is 80.5 Å². The summed E-state index contributed by atoms with van der Waals surface area (Å²) < 4.78 is 18.2. The highest BCUT2D eigenvalue weighted by Gasteiger charge is 2.35. The van der Waals surface area contributed by atoms with Crippen molar-refractivity contribution >= 4 is 58.6 Å². The van der Waals surface area contributed by atoms with Gasteiger partial charge in [-0.3, -0.25) is 28.8 Å². The molecule has 3 unspecified atom stereocenters. The first-order chi connectivity index (χ1) is 35.9. The average Bonchev–Trinajstić information content (AvgIpc) is 3.78. The van der Waals surface area contributed by atoms with Crippen LogP contribution in [0.3, 0.4) is 0 Å². The van der Waals surface area contributed by atoms with E-state index in [4.69, 9.17) is 37.4 Å². The molecule has 75 heavy (non-hydrogen) atoms. The number of benzene rings is 3. The van der Waals surface area contributed by atoms with E-state index in [1.807, 2.05) is 83.1 Å². The topological polar surface area (TPSA) is 250 Å². The SMILES string of the molecule is CCNC(=O)c1cc(OC(C)c2c(C)cccc2C)c(C(=O)NC)[nH]1.CCNC(=O)c1cc(OC(C)c2c(Cl)cccc2Cl)c(C(=O)NC)[nH]1.CCNC(=O)c1cc(OC(c2ccccc2)C2CC2)c(C(=O)NC)[nH]1. The Morgan fingerprint density at radius 3 is 1.24 bits per heavy atom. The Morgan fingerprint density at radius 2 is 0.880 bits per heavy atom. The molecule has 0 bridgehead atoms. The average molecular weight is 1070 g/mol. The molecule has 6 amide bonds. The fourth-order valence-corrected chi connectivity index (χ4v) is 8.79. The van der Waals surface area contributed by atoms with Gasteiger partial charge in [-0.25, -0.2) is 0 Å². The lowest BCUT2D eigenvalue weighted by atomic mass is 9.99. The molecular formula is C55H67Cl2N9O9. The number of H-pyrrole nitrogens is 3. The number of carbonyl (C=O) groups excluding carboxylic acids is 6. The van der Waals surface area contributed by atoms with Crippen molar-refractivity contribution in [3.63, 3.8) is 0 Å². The molecule has 6 aromatic rings. The van der Waals surface area contributed by atoms with Gasteiger partial charge in [-0.15, -0.1) is 0 Å². The zero-order valence-corrected chi connectivity index (χ0v) is 45.4. The van der Waals surface area contributed by atoms with Crippen molar-refractivity contribution in [3.8, 4) is 17.2 Å². The Labute approximate surface area is 447 Å². The molecule has 3 aromatic heterocycles. The van der Waals surface area contributed by atoms with Crippen molar-refractivity contribution in [2.45, 2.75) is 79.6 Å². The Kier molecular flexibility index (Phi) is 21.4. The smallest absolute Gasteiger partial charge is 0.271 e. The lowest BCUT2D eigenvalue weighted by molar-refractivity contribution is 0.0934. The predicted octanol–water partition coefficient (Wildman–Crippen LogP) is 9.11. The van der Waals surface area contributed by atoms with Crippen molar-refractivity contribution in [3.05, 3.63) is 157 Å². The van der Waals surface area contributed by atoms with Crippen molar-refractivity contribution in [2.24, 2.45) is 5.92 Å². The van der Waals surface area contributed by atoms with Gasteiger partial charge in [-0.1, -0.05) is 77.8 Å². The maximum Gasteiger partial charge on any atom is 0.271 e. The number of aryl methyl sites for hydroxylation is 2. The molecule has 0 aliphatic heterocycles. The third-order valence-electron chi connectivity index (χ3n) is 11.8. The van der Waals surface area contributed by atoms with Gasteiger partial charge in [0.25, 0.3) is 35.4 Å². The standard InChI is InChI=1S/C19H23N3O3.C19H25N3O3.C17H19Cl2N3O3/c1-3-21-18(23)14-11-15(16(22-14)19(24)20-2)25-17(13-9-10-13)12-7-5-4-6-8-12;1-6-21-18(23)14-10-15(17(22-14)19(24)20-5)25-13(4)16-11(2)8-7-9-12(16)3;1-4-21-16(23)12-8-13(15(22-12)17(24)20-3)25-9(2)14-10(18)6-5-7-11(14)19/h4-8,11,13,17,22H,3,9-10H2,1-2H3,(H,20,24)(H,21,23);7-10,13,22H,6H2,1-5H3,(H,20,24)(H,21,23);5-9,22H,4H2,1-3H3,(H,20,24)(H,21,23). The second-order valence-corrected chi connectivity index (χ2v) is 18.1. The Hall–Kier alpha value is -7.70. The van der Waals surface area contributed by atoms with E-state index in [1.54, 1.807) is 51.2 Å². The summed E-state index contributed by atoms with van der Waals surface area (Å²) in [5, 5.41) is 16.7. The third kappa shape index (κ3) is 15.2. The molecule has 3 heterocycles.